The van der Waals surface area contributed by atoms with Crippen LogP contribution in [0.5, 0.6) is 0 Å². The van der Waals surface area contributed by atoms with Gasteiger partial charge in [-0.25, -0.2) is 0 Å². The van der Waals surface area contributed by atoms with E-state index >= 15 is 0 Å². The third-order valence-electron chi connectivity index (χ3n) is 9.59. The van der Waals surface area contributed by atoms with Crippen molar-refractivity contribution in [2.24, 2.45) is 0 Å². The van der Waals surface area contributed by atoms with Crippen LogP contribution in [-0.4, -0.2) is 22.9 Å². The zero-order chi connectivity index (χ0) is 30.4. The maximum absolute atomic E-state index is 10.3. The van der Waals surface area contributed by atoms with E-state index in [1.54, 1.807) is 0 Å². The van der Waals surface area contributed by atoms with Crippen LogP contribution in [0.3, 0.4) is 0 Å². The average Bonchev–Trinajstić information content (AvgIpc) is 3.00. The van der Waals surface area contributed by atoms with Crippen LogP contribution in [0.15, 0.2) is 0 Å². The van der Waals surface area contributed by atoms with Gasteiger partial charge in [0.1, 0.15) is 0 Å². The molecule has 42 heavy (non-hydrogen) atoms. The second kappa shape index (κ2) is 38.9. The van der Waals surface area contributed by atoms with E-state index in [9.17, 15) is 5.11 Å². The van der Waals surface area contributed by atoms with Gasteiger partial charge < -0.3 is 10.2 Å². The number of unbranched alkanes of at least 4 members (excludes halogenated alkanes) is 33. The zero-order valence-corrected chi connectivity index (χ0v) is 29.3. The molecule has 0 spiro atoms. The molecule has 2 nitrogen and oxygen atoms in total. The van der Waals surface area contributed by atoms with E-state index in [0.717, 1.165) is 19.3 Å². The van der Waals surface area contributed by atoms with Gasteiger partial charge in [-0.05, 0) is 19.3 Å². The Bertz CT molecular complexity index is 411. The van der Waals surface area contributed by atoms with Gasteiger partial charge in [-0.1, -0.05) is 225 Å². The van der Waals surface area contributed by atoms with Gasteiger partial charge in [0.2, 0.25) is 0 Å². The fourth-order valence-corrected chi connectivity index (χ4v) is 6.57. The van der Waals surface area contributed by atoms with Crippen LogP contribution >= 0.6 is 0 Å². The Balaban J connectivity index is 3.13. The molecule has 0 bridgehead atoms. The van der Waals surface area contributed by atoms with Crippen molar-refractivity contribution in [3.63, 3.8) is 0 Å². The summed E-state index contributed by atoms with van der Waals surface area (Å²) in [5.41, 5.74) is 0. The van der Waals surface area contributed by atoms with Crippen molar-refractivity contribution in [1.82, 2.24) is 0 Å². The summed E-state index contributed by atoms with van der Waals surface area (Å²) in [5, 5.41) is 19.1. The summed E-state index contributed by atoms with van der Waals surface area (Å²) in [6, 6.07) is 0. The highest BCUT2D eigenvalue weighted by molar-refractivity contribution is 4.58. The molecule has 0 aliphatic heterocycles. The van der Waals surface area contributed by atoms with Crippen molar-refractivity contribution < 1.29 is 10.2 Å². The topological polar surface area (TPSA) is 40.5 Å². The van der Waals surface area contributed by atoms with Crippen molar-refractivity contribution in [1.29, 1.82) is 0 Å². The smallest absolute Gasteiger partial charge is 0.0540 e. The first-order chi connectivity index (χ1) is 20.8. The van der Waals surface area contributed by atoms with Gasteiger partial charge in [0.25, 0.3) is 0 Å². The predicted molar refractivity (Wildman–Crippen MR) is 190 cm³/mol. The quantitative estimate of drug-likeness (QED) is 0.0698. The Morgan fingerprint density at radius 3 is 0.690 bits per heavy atom. The summed E-state index contributed by atoms with van der Waals surface area (Å²) in [6.45, 7) is 2.66. The molecule has 0 radical (unpaired) electrons. The maximum Gasteiger partial charge on any atom is 0.0540 e. The van der Waals surface area contributed by atoms with Crippen LogP contribution in [0.1, 0.15) is 244 Å². The van der Waals surface area contributed by atoms with Crippen LogP contribution in [0.4, 0.5) is 0 Å². The molecule has 2 heteroatoms. The summed E-state index contributed by atoms with van der Waals surface area (Å²) in [6.07, 6.45) is 50.6. The minimum atomic E-state index is -0.0441. The van der Waals surface area contributed by atoms with Crippen LogP contribution in [-0.2, 0) is 0 Å². The van der Waals surface area contributed by atoms with Crippen molar-refractivity contribution in [2.45, 2.75) is 251 Å². The number of hydrogen-bond donors (Lipinski definition) is 2. The Hall–Kier alpha value is -0.0800. The van der Waals surface area contributed by atoms with Crippen LogP contribution in [0.2, 0.25) is 0 Å². The van der Waals surface area contributed by atoms with E-state index in [1.165, 1.54) is 218 Å². The van der Waals surface area contributed by atoms with Gasteiger partial charge in [0.15, 0.2) is 0 Å². The fourth-order valence-electron chi connectivity index (χ4n) is 6.57. The largest absolute Gasteiger partial charge is 0.396 e. The van der Waals surface area contributed by atoms with Gasteiger partial charge in [0, 0.05) is 6.61 Å². The van der Waals surface area contributed by atoms with Crippen molar-refractivity contribution in [3.05, 3.63) is 0 Å². The zero-order valence-electron chi connectivity index (χ0n) is 29.3. The van der Waals surface area contributed by atoms with Gasteiger partial charge in [0.05, 0.1) is 6.10 Å². The number of hydrogen-bond acceptors (Lipinski definition) is 2. The summed E-state index contributed by atoms with van der Waals surface area (Å²) in [4.78, 5) is 0. The van der Waals surface area contributed by atoms with Crippen LogP contribution in [0, 0.1) is 0 Å². The van der Waals surface area contributed by atoms with Gasteiger partial charge in [-0.15, -0.1) is 0 Å². The molecule has 0 saturated heterocycles. The van der Waals surface area contributed by atoms with E-state index in [4.69, 9.17) is 5.11 Å². The van der Waals surface area contributed by atoms with Gasteiger partial charge >= 0.3 is 0 Å². The molecule has 0 fully saturated rings. The third kappa shape index (κ3) is 37.9. The minimum absolute atomic E-state index is 0.0441. The maximum atomic E-state index is 10.3. The van der Waals surface area contributed by atoms with E-state index in [2.05, 4.69) is 6.92 Å². The van der Waals surface area contributed by atoms with E-state index < -0.39 is 0 Å². The van der Waals surface area contributed by atoms with Gasteiger partial charge in [-0.3, -0.25) is 0 Å². The number of aliphatic hydroxyl groups excluding tert-OH is 2. The van der Waals surface area contributed by atoms with Crippen molar-refractivity contribution >= 4 is 0 Å². The highest BCUT2D eigenvalue weighted by atomic mass is 16.3. The number of rotatable bonds is 38. The van der Waals surface area contributed by atoms with Crippen LogP contribution < -0.4 is 0 Å². The second-order valence-corrected chi connectivity index (χ2v) is 14.0. The number of aliphatic hydroxyl groups is 2. The minimum Gasteiger partial charge on any atom is -0.396 e. The summed E-state index contributed by atoms with van der Waals surface area (Å²) < 4.78 is 0. The Labute approximate surface area is 267 Å². The lowest BCUT2D eigenvalue weighted by molar-refractivity contribution is 0.147. The van der Waals surface area contributed by atoms with E-state index in [1.807, 2.05) is 0 Å². The Kier molecular flexibility index (Phi) is 38.9. The molecule has 254 valence electrons. The molecule has 0 aliphatic carbocycles. The molecule has 0 aromatic rings. The molecular weight excluding hydrogens is 512 g/mol. The molecule has 0 aromatic heterocycles. The molecule has 2 N–H and O–H groups in total. The lowest BCUT2D eigenvalue weighted by atomic mass is 10.0. The lowest BCUT2D eigenvalue weighted by Gasteiger charge is -2.10. The molecular formula is C40H82O2. The van der Waals surface area contributed by atoms with Crippen molar-refractivity contribution in [2.75, 3.05) is 6.61 Å². The molecule has 0 aromatic carbocycles. The van der Waals surface area contributed by atoms with E-state index in [0.29, 0.717) is 6.61 Å². The molecule has 0 heterocycles. The van der Waals surface area contributed by atoms with Crippen molar-refractivity contribution in [3.8, 4) is 0 Å². The summed E-state index contributed by atoms with van der Waals surface area (Å²) >= 11 is 0. The molecule has 0 aliphatic rings. The molecule has 0 rings (SSSR count). The SMILES string of the molecule is CCCCCCCCCCCCCCCCCCCCC(O)CCCCCCCCCCCCCCCCCCCO. The molecule has 0 saturated carbocycles. The first kappa shape index (κ1) is 41.9. The van der Waals surface area contributed by atoms with Gasteiger partial charge in [-0.2, -0.15) is 0 Å². The van der Waals surface area contributed by atoms with E-state index in [-0.39, 0.29) is 6.10 Å². The fraction of sp³-hybridized carbons (Fsp3) is 1.00. The Morgan fingerprint density at radius 2 is 0.476 bits per heavy atom. The highest BCUT2D eigenvalue weighted by Crippen LogP contribution is 2.17. The first-order valence-electron chi connectivity index (χ1n) is 20.1. The second-order valence-electron chi connectivity index (χ2n) is 14.0. The summed E-state index contributed by atoms with van der Waals surface area (Å²) in [5.74, 6) is 0. The monoisotopic (exact) mass is 595 g/mol. The normalized spacial score (nSPS) is 12.4. The standard InChI is InChI=1S/C40H82O2/c1-2-3-4-5-6-7-8-9-10-11-13-16-19-22-25-28-31-34-37-40(42)38-35-32-29-26-23-20-17-14-12-15-18-21-24-27-30-33-36-39-41/h40-42H,2-39H2,1H3. The molecule has 0 amide bonds. The predicted octanol–water partition coefficient (Wildman–Crippen LogP) is 13.8. The summed E-state index contributed by atoms with van der Waals surface area (Å²) in [7, 11) is 0. The first-order valence-corrected chi connectivity index (χ1v) is 20.1. The third-order valence-corrected chi connectivity index (χ3v) is 9.59. The van der Waals surface area contributed by atoms with Crippen LogP contribution in [0.25, 0.3) is 0 Å². The average molecular weight is 595 g/mol. The molecule has 1 unspecified atom stereocenters. The molecule has 1 atom stereocenters. The lowest BCUT2D eigenvalue weighted by Crippen LogP contribution is -2.05. The Morgan fingerprint density at radius 1 is 0.286 bits per heavy atom. The highest BCUT2D eigenvalue weighted by Gasteiger charge is 2.04.